The smallest absolute Gasteiger partial charge is 0.335 e. The predicted molar refractivity (Wildman–Crippen MR) is 89.6 cm³/mol. The summed E-state index contributed by atoms with van der Waals surface area (Å²) in [7, 11) is 0. The number of aromatic carboxylic acids is 1. The number of hydrogen-bond donors (Lipinski definition) is 2. The topological polar surface area (TPSA) is 86.7 Å². The van der Waals surface area contributed by atoms with Gasteiger partial charge in [0.25, 0.3) is 0 Å². The maximum absolute atomic E-state index is 12.3. The molecule has 1 aliphatic rings. The van der Waals surface area contributed by atoms with Crippen molar-refractivity contribution >= 4 is 17.8 Å². The molecule has 0 aromatic heterocycles. The van der Waals surface area contributed by atoms with Crippen molar-refractivity contribution in [3.05, 3.63) is 34.9 Å². The quantitative estimate of drug-likeness (QED) is 0.880. The number of benzene rings is 1. The second kappa shape index (κ2) is 7.03. The highest BCUT2D eigenvalue weighted by Crippen LogP contribution is 2.21. The summed E-state index contributed by atoms with van der Waals surface area (Å²) in [6.45, 7) is 6.82. The minimum atomic E-state index is -0.967. The lowest BCUT2D eigenvalue weighted by Gasteiger charge is -2.29. The highest BCUT2D eigenvalue weighted by atomic mass is 16.4. The molecular weight excluding hydrogens is 308 g/mol. The van der Waals surface area contributed by atoms with Gasteiger partial charge in [-0.25, -0.2) is 4.79 Å². The number of carbonyl (C=O) groups is 3. The summed E-state index contributed by atoms with van der Waals surface area (Å²) in [5, 5.41) is 11.8. The van der Waals surface area contributed by atoms with Crippen molar-refractivity contribution in [2.24, 2.45) is 5.41 Å². The fourth-order valence-electron chi connectivity index (χ4n) is 2.61. The third kappa shape index (κ3) is 4.34. The molecular formula is C18H24N2O4. The van der Waals surface area contributed by atoms with Gasteiger partial charge in [0.2, 0.25) is 11.8 Å². The lowest BCUT2D eigenvalue weighted by molar-refractivity contribution is -0.132. The van der Waals surface area contributed by atoms with E-state index in [2.05, 4.69) is 5.32 Å². The first-order chi connectivity index (χ1) is 11.2. The molecule has 0 saturated heterocycles. The van der Waals surface area contributed by atoms with Crippen molar-refractivity contribution < 1.29 is 19.5 Å². The van der Waals surface area contributed by atoms with E-state index in [1.807, 2.05) is 26.8 Å². The SMILES string of the molecule is CC(C)(C)C(=O)NCCC(=O)N1CCc2ccc(C(=O)O)cc2C1. The van der Waals surface area contributed by atoms with Gasteiger partial charge in [0.1, 0.15) is 0 Å². The fraction of sp³-hybridized carbons (Fsp3) is 0.500. The molecule has 0 saturated carbocycles. The van der Waals surface area contributed by atoms with Crippen LogP contribution >= 0.6 is 0 Å². The molecule has 0 radical (unpaired) electrons. The number of rotatable bonds is 4. The van der Waals surface area contributed by atoms with E-state index in [0.717, 1.165) is 17.5 Å². The van der Waals surface area contributed by atoms with E-state index in [-0.39, 0.29) is 23.8 Å². The molecule has 0 atom stereocenters. The number of hydrogen-bond acceptors (Lipinski definition) is 3. The van der Waals surface area contributed by atoms with E-state index in [0.29, 0.717) is 19.6 Å². The fourth-order valence-corrected chi connectivity index (χ4v) is 2.61. The summed E-state index contributed by atoms with van der Waals surface area (Å²) in [5.74, 6) is -1.08. The van der Waals surface area contributed by atoms with Crippen LogP contribution in [0.4, 0.5) is 0 Å². The van der Waals surface area contributed by atoms with E-state index in [1.165, 1.54) is 0 Å². The number of carboxylic acid groups (broad SMARTS) is 1. The Morgan fingerprint density at radius 3 is 2.54 bits per heavy atom. The molecule has 0 fully saturated rings. The second-order valence-electron chi connectivity index (χ2n) is 7.11. The van der Waals surface area contributed by atoms with Crippen molar-refractivity contribution in [3.63, 3.8) is 0 Å². The number of amides is 2. The Bertz CT molecular complexity index is 661. The molecule has 0 bridgehead atoms. The van der Waals surface area contributed by atoms with Gasteiger partial charge in [-0.3, -0.25) is 9.59 Å². The largest absolute Gasteiger partial charge is 0.478 e. The summed E-state index contributed by atoms with van der Waals surface area (Å²) in [6.07, 6.45) is 0.963. The molecule has 24 heavy (non-hydrogen) atoms. The van der Waals surface area contributed by atoms with Gasteiger partial charge >= 0.3 is 5.97 Å². The minimum absolute atomic E-state index is 0.0319. The molecule has 2 amide bonds. The van der Waals surface area contributed by atoms with Crippen molar-refractivity contribution in [3.8, 4) is 0 Å². The number of nitrogens with one attached hydrogen (secondary N) is 1. The molecule has 0 spiro atoms. The summed E-state index contributed by atoms with van der Waals surface area (Å²) in [4.78, 5) is 36.9. The van der Waals surface area contributed by atoms with Crippen LogP contribution in [-0.2, 0) is 22.6 Å². The van der Waals surface area contributed by atoms with Crippen LogP contribution in [0.2, 0.25) is 0 Å². The van der Waals surface area contributed by atoms with Crippen molar-refractivity contribution in [2.45, 2.75) is 40.2 Å². The highest BCUT2D eigenvalue weighted by Gasteiger charge is 2.23. The predicted octanol–water partition coefficient (Wildman–Crippen LogP) is 1.82. The maximum atomic E-state index is 12.3. The van der Waals surface area contributed by atoms with Gasteiger partial charge in [0.05, 0.1) is 5.56 Å². The van der Waals surface area contributed by atoms with Crippen molar-refractivity contribution in [1.82, 2.24) is 10.2 Å². The summed E-state index contributed by atoms with van der Waals surface area (Å²) < 4.78 is 0. The average molecular weight is 332 g/mol. The first-order valence-electron chi connectivity index (χ1n) is 8.09. The van der Waals surface area contributed by atoms with Crippen LogP contribution in [0.3, 0.4) is 0 Å². The normalized spacial score (nSPS) is 14.0. The molecule has 0 unspecified atom stereocenters. The molecule has 0 aliphatic carbocycles. The maximum Gasteiger partial charge on any atom is 0.335 e. The van der Waals surface area contributed by atoms with E-state index < -0.39 is 11.4 Å². The van der Waals surface area contributed by atoms with Crippen LogP contribution in [0.15, 0.2) is 18.2 Å². The van der Waals surface area contributed by atoms with Crippen LogP contribution in [0.25, 0.3) is 0 Å². The Morgan fingerprint density at radius 2 is 1.92 bits per heavy atom. The Labute approximate surface area is 141 Å². The molecule has 1 aromatic carbocycles. The number of carbonyl (C=O) groups excluding carboxylic acids is 2. The van der Waals surface area contributed by atoms with Gasteiger partial charge in [-0.2, -0.15) is 0 Å². The van der Waals surface area contributed by atoms with Gasteiger partial charge in [0, 0.05) is 31.5 Å². The molecule has 1 aliphatic heterocycles. The van der Waals surface area contributed by atoms with Crippen LogP contribution in [0.5, 0.6) is 0 Å². The summed E-state index contributed by atoms with van der Waals surface area (Å²) in [5.41, 5.74) is 1.74. The molecule has 2 N–H and O–H groups in total. The van der Waals surface area contributed by atoms with E-state index in [4.69, 9.17) is 5.11 Å². The Morgan fingerprint density at radius 1 is 1.21 bits per heavy atom. The minimum Gasteiger partial charge on any atom is -0.478 e. The van der Waals surface area contributed by atoms with Crippen LogP contribution in [-0.4, -0.2) is 40.9 Å². The van der Waals surface area contributed by atoms with Crippen LogP contribution in [0, 0.1) is 5.41 Å². The molecule has 130 valence electrons. The highest BCUT2D eigenvalue weighted by molar-refractivity contribution is 5.88. The Hall–Kier alpha value is -2.37. The Balaban J connectivity index is 1.92. The molecule has 6 nitrogen and oxygen atoms in total. The van der Waals surface area contributed by atoms with Gasteiger partial charge < -0.3 is 15.3 Å². The van der Waals surface area contributed by atoms with E-state index in [1.54, 1.807) is 17.0 Å². The number of fused-ring (bicyclic) bond motifs is 1. The van der Waals surface area contributed by atoms with Crippen LogP contribution < -0.4 is 5.32 Å². The third-order valence-corrected chi connectivity index (χ3v) is 4.12. The average Bonchev–Trinajstić information content (AvgIpc) is 2.52. The molecule has 6 heteroatoms. The number of nitrogens with zero attached hydrogens (tertiary/aromatic N) is 1. The number of carboxylic acids is 1. The monoisotopic (exact) mass is 332 g/mol. The zero-order valence-corrected chi connectivity index (χ0v) is 14.4. The van der Waals surface area contributed by atoms with Gasteiger partial charge in [0.15, 0.2) is 0 Å². The van der Waals surface area contributed by atoms with Gasteiger partial charge in [-0.1, -0.05) is 26.8 Å². The molecule has 1 aromatic rings. The zero-order valence-electron chi connectivity index (χ0n) is 14.4. The van der Waals surface area contributed by atoms with Crippen molar-refractivity contribution in [2.75, 3.05) is 13.1 Å². The first kappa shape index (κ1) is 18.0. The van der Waals surface area contributed by atoms with Gasteiger partial charge in [-0.05, 0) is 29.7 Å². The second-order valence-corrected chi connectivity index (χ2v) is 7.11. The van der Waals surface area contributed by atoms with E-state index >= 15 is 0 Å². The zero-order chi connectivity index (χ0) is 17.9. The van der Waals surface area contributed by atoms with Gasteiger partial charge in [-0.15, -0.1) is 0 Å². The van der Waals surface area contributed by atoms with Crippen LogP contribution in [0.1, 0.15) is 48.7 Å². The molecule has 1 heterocycles. The standard InChI is InChI=1S/C18H24N2O4/c1-18(2,3)17(24)19-8-6-15(21)20-9-7-12-4-5-13(16(22)23)10-14(12)11-20/h4-5,10H,6-9,11H2,1-3H3,(H,19,24)(H,22,23). The summed E-state index contributed by atoms with van der Waals surface area (Å²) in [6, 6.07) is 5.06. The Kier molecular flexibility index (Phi) is 5.26. The van der Waals surface area contributed by atoms with E-state index in [9.17, 15) is 14.4 Å². The summed E-state index contributed by atoms with van der Waals surface area (Å²) >= 11 is 0. The first-order valence-corrected chi connectivity index (χ1v) is 8.09. The third-order valence-electron chi connectivity index (χ3n) is 4.12. The lowest BCUT2D eigenvalue weighted by Crippen LogP contribution is -2.40. The molecule has 2 rings (SSSR count). The lowest BCUT2D eigenvalue weighted by atomic mass is 9.95. The van der Waals surface area contributed by atoms with Crippen molar-refractivity contribution in [1.29, 1.82) is 0 Å².